The number of hydrogen-bond acceptors (Lipinski definition) is 7. The Labute approximate surface area is 144 Å². The second kappa shape index (κ2) is 8.06. The van der Waals surface area contributed by atoms with Crippen molar-refractivity contribution in [1.82, 2.24) is 0 Å². The van der Waals surface area contributed by atoms with Crippen LogP contribution in [0.4, 0.5) is 5.69 Å². The van der Waals surface area contributed by atoms with E-state index in [4.69, 9.17) is 20.1 Å². The number of amides is 1. The number of para-hydroxylation sites is 2. The van der Waals surface area contributed by atoms with Crippen molar-refractivity contribution in [3.05, 3.63) is 24.3 Å². The van der Waals surface area contributed by atoms with Gasteiger partial charge in [-0.25, -0.2) is 0 Å². The molecule has 8 nitrogen and oxygen atoms in total. The van der Waals surface area contributed by atoms with Crippen LogP contribution in [0.5, 0.6) is 5.75 Å². The minimum absolute atomic E-state index is 0.0947. The van der Waals surface area contributed by atoms with Crippen LogP contribution < -0.4 is 9.64 Å². The van der Waals surface area contributed by atoms with Crippen molar-refractivity contribution in [2.75, 3.05) is 24.7 Å². The standard InChI is InChI=1S/C17H17N3O5/c1-11(19)12(8-18)14(21)9-25-17(23)6-7-20-13-4-2-3-5-15(13)24-10-16(20)22/h2-5,12,19H,6-7,9-10H2,1H3. The fraction of sp³-hybridized carbons (Fsp3) is 0.353. The number of nitrogens with zero attached hydrogens (tertiary/aromatic N) is 2. The molecule has 2 rings (SSSR count). The SMILES string of the molecule is CC(=N)C(C#N)C(=O)COC(=O)CCN1C(=O)COc2ccccc21. The summed E-state index contributed by atoms with van der Waals surface area (Å²) in [5, 5.41) is 16.2. The van der Waals surface area contributed by atoms with Crippen molar-refractivity contribution in [3.63, 3.8) is 0 Å². The Hall–Kier alpha value is -3.21. The molecule has 1 aromatic carbocycles. The lowest BCUT2D eigenvalue weighted by molar-refractivity contribution is -0.148. The van der Waals surface area contributed by atoms with Gasteiger partial charge in [-0.15, -0.1) is 0 Å². The number of Topliss-reactive ketones (excluding diaryl/α,β-unsaturated/α-hetero) is 1. The molecule has 1 N–H and O–H groups in total. The van der Waals surface area contributed by atoms with Crippen LogP contribution in [0.15, 0.2) is 24.3 Å². The van der Waals surface area contributed by atoms with Gasteiger partial charge in [-0.2, -0.15) is 5.26 Å². The van der Waals surface area contributed by atoms with Crippen LogP contribution in [-0.4, -0.2) is 43.1 Å². The number of rotatable bonds is 7. The predicted molar refractivity (Wildman–Crippen MR) is 87.4 cm³/mol. The fourth-order valence-corrected chi connectivity index (χ4v) is 2.32. The first kappa shape index (κ1) is 18.1. The molecule has 1 atom stereocenters. The lowest BCUT2D eigenvalue weighted by Gasteiger charge is -2.28. The van der Waals surface area contributed by atoms with E-state index in [1.807, 2.05) is 0 Å². The number of esters is 1. The number of ether oxygens (including phenoxy) is 2. The van der Waals surface area contributed by atoms with Gasteiger partial charge < -0.3 is 19.8 Å². The monoisotopic (exact) mass is 343 g/mol. The Morgan fingerprint density at radius 1 is 1.44 bits per heavy atom. The maximum Gasteiger partial charge on any atom is 0.308 e. The highest BCUT2D eigenvalue weighted by Gasteiger charge is 2.26. The predicted octanol–water partition coefficient (Wildman–Crippen LogP) is 1.09. The van der Waals surface area contributed by atoms with Gasteiger partial charge >= 0.3 is 5.97 Å². The number of fused-ring (bicyclic) bond motifs is 1. The van der Waals surface area contributed by atoms with Crippen molar-refractivity contribution in [1.29, 1.82) is 10.7 Å². The second-order valence-electron chi connectivity index (χ2n) is 5.42. The molecule has 1 unspecified atom stereocenters. The van der Waals surface area contributed by atoms with Gasteiger partial charge in [-0.3, -0.25) is 14.4 Å². The molecule has 0 bridgehead atoms. The van der Waals surface area contributed by atoms with Crippen LogP contribution in [0.25, 0.3) is 0 Å². The third kappa shape index (κ3) is 4.41. The molecular formula is C17H17N3O5. The highest BCUT2D eigenvalue weighted by atomic mass is 16.5. The molecule has 0 saturated carbocycles. The molecule has 0 radical (unpaired) electrons. The average Bonchev–Trinajstić information content (AvgIpc) is 2.59. The molecule has 1 aromatic rings. The van der Waals surface area contributed by atoms with Crippen LogP contribution in [0.1, 0.15) is 13.3 Å². The zero-order valence-corrected chi connectivity index (χ0v) is 13.7. The topological polar surface area (TPSA) is 121 Å². The van der Waals surface area contributed by atoms with E-state index >= 15 is 0 Å². The van der Waals surface area contributed by atoms with Gasteiger partial charge in [-0.1, -0.05) is 12.1 Å². The van der Waals surface area contributed by atoms with E-state index in [0.29, 0.717) is 11.4 Å². The summed E-state index contributed by atoms with van der Waals surface area (Å²) in [6.45, 7) is 0.764. The number of benzene rings is 1. The lowest BCUT2D eigenvalue weighted by Crippen LogP contribution is -2.40. The van der Waals surface area contributed by atoms with E-state index in [9.17, 15) is 14.4 Å². The molecule has 0 fully saturated rings. The fourth-order valence-electron chi connectivity index (χ4n) is 2.32. The first-order valence-corrected chi connectivity index (χ1v) is 7.59. The Morgan fingerprint density at radius 2 is 2.16 bits per heavy atom. The van der Waals surface area contributed by atoms with Gasteiger partial charge in [0, 0.05) is 12.3 Å². The number of ketones is 1. The Kier molecular flexibility index (Phi) is 5.84. The molecule has 1 aliphatic rings. The summed E-state index contributed by atoms with van der Waals surface area (Å²) >= 11 is 0. The van der Waals surface area contributed by atoms with Gasteiger partial charge in [-0.05, 0) is 19.1 Å². The molecule has 1 heterocycles. The molecule has 1 amide bonds. The largest absolute Gasteiger partial charge is 0.482 e. The quantitative estimate of drug-likeness (QED) is 0.584. The molecule has 25 heavy (non-hydrogen) atoms. The van der Waals surface area contributed by atoms with E-state index in [2.05, 4.69) is 0 Å². The van der Waals surface area contributed by atoms with Gasteiger partial charge in [0.1, 0.15) is 11.7 Å². The molecular weight excluding hydrogens is 326 g/mol. The molecule has 130 valence electrons. The summed E-state index contributed by atoms with van der Waals surface area (Å²) in [4.78, 5) is 36.9. The summed E-state index contributed by atoms with van der Waals surface area (Å²) in [7, 11) is 0. The van der Waals surface area contributed by atoms with Crippen LogP contribution in [0, 0.1) is 22.7 Å². The maximum absolute atomic E-state index is 12.0. The number of anilines is 1. The Bertz CT molecular complexity index is 753. The van der Waals surface area contributed by atoms with Crippen LogP contribution in [0.2, 0.25) is 0 Å². The van der Waals surface area contributed by atoms with Crippen molar-refractivity contribution in [3.8, 4) is 11.8 Å². The van der Waals surface area contributed by atoms with Crippen LogP contribution in [-0.2, 0) is 19.1 Å². The summed E-state index contributed by atoms with van der Waals surface area (Å²) in [5.41, 5.74) is 0.477. The van der Waals surface area contributed by atoms with E-state index in [1.165, 1.54) is 11.8 Å². The summed E-state index contributed by atoms with van der Waals surface area (Å²) < 4.78 is 10.2. The minimum atomic E-state index is -1.21. The van der Waals surface area contributed by atoms with E-state index in [-0.39, 0.29) is 31.2 Å². The normalized spacial score (nSPS) is 13.9. The van der Waals surface area contributed by atoms with Crippen LogP contribution in [0.3, 0.4) is 0 Å². The summed E-state index contributed by atoms with van der Waals surface area (Å²) in [5.74, 6) is -2.23. The van der Waals surface area contributed by atoms with Gasteiger partial charge in [0.2, 0.25) is 0 Å². The van der Waals surface area contributed by atoms with E-state index < -0.39 is 24.3 Å². The molecule has 0 spiro atoms. The number of carbonyl (C=O) groups is 3. The van der Waals surface area contributed by atoms with E-state index in [0.717, 1.165) is 0 Å². The van der Waals surface area contributed by atoms with Crippen molar-refractivity contribution < 1.29 is 23.9 Å². The number of nitriles is 1. The average molecular weight is 343 g/mol. The lowest BCUT2D eigenvalue weighted by atomic mass is 10.0. The Balaban J connectivity index is 1.88. The van der Waals surface area contributed by atoms with Gasteiger partial charge in [0.25, 0.3) is 5.91 Å². The highest BCUT2D eigenvalue weighted by Crippen LogP contribution is 2.31. The Morgan fingerprint density at radius 3 is 2.84 bits per heavy atom. The summed E-state index contributed by atoms with van der Waals surface area (Å²) in [6.07, 6.45) is -0.103. The van der Waals surface area contributed by atoms with Crippen molar-refractivity contribution >= 4 is 29.1 Å². The molecule has 0 aliphatic carbocycles. The van der Waals surface area contributed by atoms with Gasteiger partial charge in [0.05, 0.1) is 18.2 Å². The van der Waals surface area contributed by atoms with Crippen molar-refractivity contribution in [2.45, 2.75) is 13.3 Å². The van der Waals surface area contributed by atoms with E-state index in [1.54, 1.807) is 30.3 Å². The molecule has 8 heteroatoms. The number of carbonyl (C=O) groups excluding carboxylic acids is 3. The molecule has 1 aliphatic heterocycles. The highest BCUT2D eigenvalue weighted by molar-refractivity contribution is 6.06. The zero-order valence-electron chi connectivity index (χ0n) is 13.7. The third-order valence-corrected chi connectivity index (χ3v) is 3.61. The van der Waals surface area contributed by atoms with Crippen molar-refractivity contribution in [2.24, 2.45) is 5.92 Å². The number of nitrogens with one attached hydrogen (secondary N) is 1. The molecule has 0 aromatic heterocycles. The maximum atomic E-state index is 12.0. The second-order valence-corrected chi connectivity index (χ2v) is 5.42. The minimum Gasteiger partial charge on any atom is -0.482 e. The van der Waals surface area contributed by atoms with Crippen LogP contribution >= 0.6 is 0 Å². The zero-order chi connectivity index (χ0) is 18.4. The first-order valence-electron chi connectivity index (χ1n) is 7.59. The summed E-state index contributed by atoms with van der Waals surface area (Å²) in [6, 6.07) is 8.67. The molecule has 0 saturated heterocycles. The smallest absolute Gasteiger partial charge is 0.308 e. The third-order valence-electron chi connectivity index (χ3n) is 3.61. The first-order chi connectivity index (χ1) is 11.9. The number of hydrogen-bond donors (Lipinski definition) is 1. The van der Waals surface area contributed by atoms with Gasteiger partial charge in [0.15, 0.2) is 19.0 Å².